The standard InChI is InChI=1S/C24H44O14P2.C9H19O5P.C8H15O6P.CH4.Al.B.HN/c1-7-24(19(5)25,17-35-9-11-39(29,30)31)15-23(6,22(28)36-8-2)16-34-10-12-40(32,33)38-14-20(26)13-37-21(27)18(3)4;1-4-9(3,8(2)10)7-14-5-6-15(11,12)13;1-3-14-8(9)7(2)6-13-4-5-15(10,11)12;;;;/h20,26H,3,7-17H2,1-2,4-6H3,(H,32,33)(H2,29,30,31);4-7H2,1-3H3,(H2,11,12,13);2-6H2,1H3,(H2,10,11,12);1H4;;;1H/t20?,23-,24?;9-;;;;;/m11...../s1. The number of carbonyl (C=O) groups excluding carboxylic acids is 5. The zero-order valence-electron chi connectivity index (χ0n) is 43.4. The molecule has 9 N–H and O–H groups in total. The molecule has 26 nitrogen and oxygen atoms in total. The molecule has 4 radical (unpaired) electrons. The number of nitrogens with one attached hydrogen (secondary N) is 1. The molecule has 0 aliphatic heterocycles. The topological polar surface area (TPSA) is 413 Å². The Morgan fingerprint density at radius 2 is 1.01 bits per heavy atom. The Hall–Kier alpha value is -1.97. The first-order valence-electron chi connectivity index (χ1n) is 22.2. The first kappa shape index (κ1) is 83.3. The molecular weight excluding hydrogens is 1080 g/mol. The van der Waals surface area contributed by atoms with Crippen LogP contribution in [0.1, 0.15) is 89.0 Å². The summed E-state index contributed by atoms with van der Waals surface area (Å²) in [6.45, 7) is 19.4. The Labute approximate surface area is 446 Å². The summed E-state index contributed by atoms with van der Waals surface area (Å²) < 4.78 is 90.4. The average molecular weight is 1160 g/mol. The van der Waals surface area contributed by atoms with Gasteiger partial charge < -0.3 is 77.0 Å². The molecule has 0 rings (SSSR count). The summed E-state index contributed by atoms with van der Waals surface area (Å²) in [7, 11) is -16.5. The number of rotatable bonds is 36. The monoisotopic (exact) mass is 1160 g/mol. The van der Waals surface area contributed by atoms with Gasteiger partial charge in [0.05, 0.1) is 114 Å². The van der Waals surface area contributed by atoms with Crippen LogP contribution in [0.25, 0.3) is 0 Å². The second-order valence-corrected chi connectivity index (χ2v) is 23.8. The van der Waals surface area contributed by atoms with E-state index in [9.17, 15) is 52.2 Å². The van der Waals surface area contributed by atoms with Crippen molar-refractivity contribution in [3.05, 3.63) is 24.3 Å². The van der Waals surface area contributed by atoms with E-state index in [4.69, 9.17) is 66.7 Å². The molecule has 432 valence electrons. The van der Waals surface area contributed by atoms with Crippen LogP contribution in [0, 0.1) is 20.6 Å². The third kappa shape index (κ3) is 43.1. The van der Waals surface area contributed by atoms with E-state index in [1.165, 1.54) is 27.7 Å². The summed E-state index contributed by atoms with van der Waals surface area (Å²) in [6.07, 6.45) is -2.22. The van der Waals surface area contributed by atoms with Crippen LogP contribution in [0.2, 0.25) is 0 Å². The summed E-state index contributed by atoms with van der Waals surface area (Å²) in [6, 6.07) is 0. The van der Waals surface area contributed by atoms with Crippen LogP contribution in [0.15, 0.2) is 24.3 Å². The van der Waals surface area contributed by atoms with E-state index in [2.05, 4.69) is 17.9 Å². The molecule has 0 amide bonds. The number of ketones is 2. The number of ether oxygens (including phenoxy) is 7. The van der Waals surface area contributed by atoms with Crippen LogP contribution >= 0.6 is 30.4 Å². The molecule has 0 aromatic heterocycles. The number of hydrogen-bond acceptors (Lipinski definition) is 19. The van der Waals surface area contributed by atoms with Gasteiger partial charge in [0.25, 0.3) is 0 Å². The SMILES string of the molecule is C.C=C(C)C(=O)OCC(O)COP(=O)(O)CCOC[C@@](C)(CC(CC)(COCCP(=O)(O)O)C(C)=O)C(=O)OCC.C=C(COCCP(=O)(O)O)C(=O)OCC.CC[C@](C)(COCCP(=O)(O)O)C(C)=O.[B].[NH]=[Al]. The normalized spacial score (nSPS) is 14.8. The first-order valence-corrected chi connectivity index (χ1v) is 29.9. The van der Waals surface area contributed by atoms with Crippen molar-refractivity contribution in [2.75, 3.05) is 104 Å². The molecule has 0 saturated carbocycles. The van der Waals surface area contributed by atoms with Crippen molar-refractivity contribution in [2.45, 2.75) is 95.1 Å². The predicted molar refractivity (Wildman–Crippen MR) is 275 cm³/mol. The van der Waals surface area contributed by atoms with Gasteiger partial charge in [0.2, 0.25) is 0 Å². The summed E-state index contributed by atoms with van der Waals surface area (Å²) in [5, 5.41) is 9.80. The van der Waals surface area contributed by atoms with E-state index in [-0.39, 0.29) is 130 Å². The molecule has 3 unspecified atom stereocenters. The fourth-order valence-electron chi connectivity index (χ4n) is 5.13. The van der Waals surface area contributed by atoms with Gasteiger partial charge in [0.15, 0.2) is 0 Å². The third-order valence-corrected chi connectivity index (χ3v) is 13.5. The zero-order chi connectivity index (χ0) is 57.2. The van der Waals surface area contributed by atoms with Gasteiger partial charge in [0, 0.05) is 19.4 Å². The molecule has 5 atom stereocenters. The number of Topliss-reactive ketones (excluding diaryl/α,β-unsaturated/α-hetero) is 2. The van der Waals surface area contributed by atoms with Gasteiger partial charge in [0.1, 0.15) is 24.3 Å². The van der Waals surface area contributed by atoms with Gasteiger partial charge in [-0.1, -0.05) is 41.4 Å². The van der Waals surface area contributed by atoms with Crippen molar-refractivity contribution in [1.29, 1.82) is 4.35 Å². The molecule has 0 spiro atoms. The minimum atomic E-state index is -4.29. The van der Waals surface area contributed by atoms with Crippen LogP contribution in [0.5, 0.6) is 0 Å². The fraction of sp³-hybridized carbons (Fsp3) is 0.786. The average Bonchev–Trinajstić information content (AvgIpc) is 3.27. The Kier molecular flexibility index (Phi) is 47.3. The maximum atomic E-state index is 12.9. The number of hydrogen-bond donors (Lipinski definition) is 9. The van der Waals surface area contributed by atoms with Crippen molar-refractivity contribution in [3.8, 4) is 0 Å². The minimum absolute atomic E-state index is 0. The number of esters is 3. The van der Waals surface area contributed by atoms with Crippen molar-refractivity contribution in [1.82, 2.24) is 0 Å². The second-order valence-electron chi connectivity index (χ2n) is 16.5. The molecule has 0 fully saturated rings. The molecule has 0 heterocycles. The van der Waals surface area contributed by atoms with E-state index < -0.39 is 96.2 Å². The van der Waals surface area contributed by atoms with E-state index in [0.29, 0.717) is 6.42 Å². The van der Waals surface area contributed by atoms with E-state index in [0.717, 1.165) is 0 Å². The van der Waals surface area contributed by atoms with Gasteiger partial charge in [-0.2, -0.15) is 0 Å². The summed E-state index contributed by atoms with van der Waals surface area (Å²) in [5.41, 5.74) is -2.87. The quantitative estimate of drug-likeness (QED) is 0.0108. The zero-order valence-corrected chi connectivity index (χ0v) is 48.1. The van der Waals surface area contributed by atoms with Gasteiger partial charge >= 0.3 is 68.7 Å². The van der Waals surface area contributed by atoms with Gasteiger partial charge in [-0.3, -0.25) is 32.6 Å². The summed E-state index contributed by atoms with van der Waals surface area (Å²) in [5.74, 6) is -2.23. The molecule has 0 aromatic carbocycles. The number of aliphatic hydroxyl groups excluding tert-OH is 1. The fourth-order valence-corrected chi connectivity index (χ4v) is 7.13. The van der Waals surface area contributed by atoms with Gasteiger partial charge in [-0.05, 0) is 60.8 Å². The molecule has 0 aromatic rings. The molecule has 0 aliphatic carbocycles. The first-order chi connectivity index (χ1) is 32.9. The maximum absolute atomic E-state index is 12.9. The van der Waals surface area contributed by atoms with Crippen molar-refractivity contribution in [2.24, 2.45) is 16.2 Å². The molecule has 74 heavy (non-hydrogen) atoms. The van der Waals surface area contributed by atoms with E-state index >= 15 is 0 Å². The van der Waals surface area contributed by atoms with Crippen LogP contribution < -0.4 is 0 Å². The van der Waals surface area contributed by atoms with Crippen LogP contribution in [-0.2, 0) is 79.9 Å². The molecular formula is C42H83AlBNO25P4. The van der Waals surface area contributed by atoms with Crippen molar-refractivity contribution in [3.63, 3.8) is 0 Å². The predicted octanol–water partition coefficient (Wildman–Crippen LogP) is 3.48. The molecule has 32 heteroatoms. The third-order valence-electron chi connectivity index (χ3n) is 9.93. The van der Waals surface area contributed by atoms with Crippen LogP contribution in [0.3, 0.4) is 0 Å². The van der Waals surface area contributed by atoms with Gasteiger partial charge in [-0.15, -0.1) is 0 Å². The van der Waals surface area contributed by atoms with E-state index in [1.54, 1.807) is 43.8 Å². The summed E-state index contributed by atoms with van der Waals surface area (Å²) in [4.78, 5) is 121. The Morgan fingerprint density at radius 1 is 0.595 bits per heavy atom. The van der Waals surface area contributed by atoms with E-state index in [1.807, 2.05) is 6.92 Å². The van der Waals surface area contributed by atoms with Crippen molar-refractivity contribution >= 4 is 84.4 Å². The molecule has 0 aliphatic rings. The van der Waals surface area contributed by atoms with Gasteiger partial charge in [-0.25, -0.2) is 9.59 Å². The number of aliphatic hydroxyl groups is 1. The molecule has 0 bridgehead atoms. The Balaban J connectivity index is -0.000000278. The Morgan fingerprint density at radius 3 is 1.39 bits per heavy atom. The Bertz CT molecular complexity index is 1880. The van der Waals surface area contributed by atoms with Crippen LogP contribution in [0.4, 0.5) is 0 Å². The van der Waals surface area contributed by atoms with Crippen molar-refractivity contribution < 1.29 is 119 Å². The number of carbonyl (C=O) groups is 5. The second kappa shape index (κ2) is 42.0. The van der Waals surface area contributed by atoms with Crippen LogP contribution in [-0.4, -0.2) is 203 Å². The molecule has 0 saturated heterocycles. The summed E-state index contributed by atoms with van der Waals surface area (Å²) >= 11 is 1.67.